The van der Waals surface area contributed by atoms with Crippen LogP contribution < -0.4 is 0 Å². The molecule has 0 aliphatic heterocycles. The van der Waals surface area contributed by atoms with Gasteiger partial charge in [0, 0.05) is 16.7 Å². The first-order valence-electron chi connectivity index (χ1n) is 23.8. The summed E-state index contributed by atoms with van der Waals surface area (Å²) in [6, 6.07) is 49.7. The molecule has 2 atom stereocenters. The monoisotopic (exact) mass is 832 g/mol. The zero-order valence-corrected chi connectivity index (χ0v) is 37.5. The molecule has 0 N–H and O–H groups in total. The number of hydrogen-bond acceptors (Lipinski definition) is 2. The topological polar surface area (TPSA) is 25.8 Å². The number of benzene rings is 4. The normalized spacial score (nSPS) is 32.9. The molecule has 2 nitrogen and oxygen atoms in total. The zero-order valence-electron chi connectivity index (χ0n) is 35.4. The molecule has 4 heteroatoms. The summed E-state index contributed by atoms with van der Waals surface area (Å²) < 4.78 is 0. The third-order valence-corrected chi connectivity index (χ3v) is 22.4. The highest BCUT2D eigenvalue weighted by atomic mass is 31.1. The van der Waals surface area contributed by atoms with E-state index in [9.17, 15) is 0 Å². The lowest BCUT2D eigenvalue weighted by Crippen LogP contribution is -2.57. The van der Waals surface area contributed by atoms with Crippen LogP contribution >= 0.6 is 17.2 Å². The van der Waals surface area contributed by atoms with E-state index in [0.717, 1.165) is 57.9 Å². The molecule has 8 saturated carbocycles. The quantitative estimate of drug-likeness (QED) is 0.136. The summed E-state index contributed by atoms with van der Waals surface area (Å²) in [4.78, 5) is 11.3. The molecule has 9 aliphatic rings. The van der Waals surface area contributed by atoms with Crippen molar-refractivity contribution in [2.75, 3.05) is 6.16 Å². The molecule has 8 fully saturated rings. The standard InChI is InChI=1S/C57H58N2P2/c60-57(52-21-19-44-13-7-9-17-50(44)58-52,53-22-20-45-14-8-10-18-51(45)59-53)49-29-47(43-11-3-1-4-12-43)54(46-15-5-2-6-16-46)48(49)36-61(55-30-37-23-38(31-55)25-39(24-37)32-55)56-33-40-26-41(34-56)28-42(27-40)35-56/h1-22,29,37-42,54H,23-28,30-36,60H2. The van der Waals surface area contributed by atoms with E-state index in [1.54, 1.807) is 5.57 Å². The van der Waals surface area contributed by atoms with Gasteiger partial charge in [0.2, 0.25) is 0 Å². The maximum atomic E-state index is 5.65. The Kier molecular flexibility index (Phi) is 8.80. The van der Waals surface area contributed by atoms with Crippen molar-refractivity contribution in [3.63, 3.8) is 0 Å². The van der Waals surface area contributed by atoms with Crippen LogP contribution in [0.5, 0.6) is 0 Å². The number of nitrogens with zero attached hydrogens (tertiary/aromatic N) is 2. The van der Waals surface area contributed by atoms with Gasteiger partial charge in [-0.25, -0.2) is 0 Å². The van der Waals surface area contributed by atoms with Crippen LogP contribution in [0.2, 0.25) is 0 Å². The van der Waals surface area contributed by atoms with Gasteiger partial charge >= 0.3 is 0 Å². The number of hydrogen-bond donors (Lipinski definition) is 0. The molecule has 0 saturated heterocycles. The Hall–Kier alpha value is -3.96. The number of aromatic nitrogens is 2. The molecule has 2 heterocycles. The fraction of sp³-hybridized carbons (Fsp3) is 0.404. The van der Waals surface area contributed by atoms with Crippen molar-refractivity contribution >= 4 is 44.5 Å². The minimum atomic E-state index is -0.670. The van der Waals surface area contributed by atoms with Crippen LogP contribution in [-0.4, -0.2) is 26.4 Å². The van der Waals surface area contributed by atoms with Gasteiger partial charge in [0.25, 0.3) is 0 Å². The second-order valence-electron chi connectivity index (χ2n) is 21.2. The van der Waals surface area contributed by atoms with Crippen LogP contribution in [-0.2, 0) is 5.16 Å². The lowest BCUT2D eigenvalue weighted by Gasteiger charge is -2.68. The van der Waals surface area contributed by atoms with E-state index >= 15 is 0 Å². The van der Waals surface area contributed by atoms with Gasteiger partial charge in [0.05, 0.1) is 27.6 Å². The Balaban J connectivity index is 1.09. The van der Waals surface area contributed by atoms with Crippen LogP contribution in [0.15, 0.2) is 151 Å². The predicted octanol–water partition coefficient (Wildman–Crippen LogP) is 14.5. The lowest BCUT2D eigenvalue weighted by atomic mass is 9.55. The molecule has 0 radical (unpaired) electrons. The van der Waals surface area contributed by atoms with Crippen molar-refractivity contribution in [3.05, 3.63) is 173 Å². The molecule has 6 aromatic rings. The zero-order chi connectivity index (χ0) is 40.3. The Morgan fingerprint density at radius 1 is 0.508 bits per heavy atom. The molecule has 15 rings (SSSR count). The average Bonchev–Trinajstić information content (AvgIpc) is 3.67. The van der Waals surface area contributed by atoms with Gasteiger partial charge in [-0.2, -0.15) is 0 Å². The van der Waals surface area contributed by atoms with Gasteiger partial charge in [-0.3, -0.25) is 9.97 Å². The first-order chi connectivity index (χ1) is 29.9. The molecule has 61 heavy (non-hydrogen) atoms. The van der Waals surface area contributed by atoms with Gasteiger partial charge in [-0.15, -0.1) is 9.24 Å². The fourth-order valence-corrected chi connectivity index (χ4v) is 21.7. The number of fused-ring (bicyclic) bond motifs is 2. The first kappa shape index (κ1) is 37.6. The lowest BCUT2D eigenvalue weighted by molar-refractivity contribution is 0.0187. The Bertz CT molecular complexity index is 2540. The molecule has 0 spiro atoms. The minimum Gasteiger partial charge on any atom is -0.251 e. The van der Waals surface area contributed by atoms with E-state index < -0.39 is 5.16 Å². The predicted molar refractivity (Wildman–Crippen MR) is 258 cm³/mol. The van der Waals surface area contributed by atoms with E-state index in [0.29, 0.717) is 10.3 Å². The molecule has 4 aromatic carbocycles. The van der Waals surface area contributed by atoms with E-state index in [2.05, 4.69) is 149 Å². The van der Waals surface area contributed by atoms with Crippen molar-refractivity contribution in [3.8, 4) is 0 Å². The summed E-state index contributed by atoms with van der Waals surface area (Å²) in [5.74, 6) is 5.89. The van der Waals surface area contributed by atoms with Crippen molar-refractivity contribution in [2.45, 2.75) is 98.4 Å². The smallest absolute Gasteiger partial charge is 0.0933 e. The Morgan fingerprint density at radius 2 is 0.934 bits per heavy atom. The van der Waals surface area contributed by atoms with Gasteiger partial charge in [0.1, 0.15) is 0 Å². The number of para-hydroxylation sites is 2. The molecule has 2 unspecified atom stereocenters. The van der Waals surface area contributed by atoms with Crippen LogP contribution in [0.4, 0.5) is 0 Å². The second-order valence-corrected chi connectivity index (χ2v) is 25.1. The van der Waals surface area contributed by atoms with E-state index in [1.807, 2.05) is 0 Å². The summed E-state index contributed by atoms with van der Waals surface area (Å²) >= 11 is 0. The number of pyridine rings is 2. The maximum Gasteiger partial charge on any atom is 0.0933 e. The molecule has 306 valence electrons. The molecule has 0 amide bonds. The minimum absolute atomic E-state index is 0.173. The third kappa shape index (κ3) is 6.08. The highest BCUT2D eigenvalue weighted by molar-refractivity contribution is 7.61. The summed E-state index contributed by atoms with van der Waals surface area (Å²) in [7, 11) is 3.16. The molecule has 2 aromatic heterocycles. The second kappa shape index (κ2) is 14.3. The van der Waals surface area contributed by atoms with Gasteiger partial charge in [0.15, 0.2) is 0 Å². The Labute approximate surface area is 366 Å². The Morgan fingerprint density at radius 3 is 1.41 bits per heavy atom. The summed E-state index contributed by atoms with van der Waals surface area (Å²) in [6.07, 6.45) is 22.0. The number of allylic oxidation sites excluding steroid dienone is 4. The summed E-state index contributed by atoms with van der Waals surface area (Å²) in [5, 5.41) is 2.71. The van der Waals surface area contributed by atoms with Crippen molar-refractivity contribution in [1.82, 2.24) is 9.97 Å². The van der Waals surface area contributed by atoms with Crippen LogP contribution in [0.3, 0.4) is 0 Å². The SMILES string of the molecule is PC(C1=C(CP(C23CC4CC(CC(C4)C2)C3)C23CC4CC(CC(C4)C2)C3)C(c2ccccc2)C(c2ccccc2)=C1)(c1ccc2ccccc2n1)c1ccc2ccccc2n1. The molecular formula is C57H58N2P2. The van der Waals surface area contributed by atoms with Gasteiger partial charge in [-0.05, 0) is 181 Å². The highest BCUT2D eigenvalue weighted by Crippen LogP contribution is 2.80. The van der Waals surface area contributed by atoms with Crippen molar-refractivity contribution < 1.29 is 0 Å². The van der Waals surface area contributed by atoms with Crippen LogP contribution in [0, 0.1) is 35.5 Å². The van der Waals surface area contributed by atoms with Crippen molar-refractivity contribution in [1.29, 1.82) is 0 Å². The molecule has 8 bridgehead atoms. The van der Waals surface area contributed by atoms with Crippen LogP contribution in [0.25, 0.3) is 27.4 Å². The van der Waals surface area contributed by atoms with Gasteiger partial charge < -0.3 is 0 Å². The first-order valence-corrected chi connectivity index (χ1v) is 25.9. The maximum absolute atomic E-state index is 5.65. The largest absolute Gasteiger partial charge is 0.251 e. The van der Waals surface area contributed by atoms with E-state index in [1.165, 1.54) is 116 Å². The summed E-state index contributed by atoms with van der Waals surface area (Å²) in [5.41, 5.74) is 11.5. The van der Waals surface area contributed by atoms with Crippen molar-refractivity contribution in [2.24, 2.45) is 35.5 Å². The summed E-state index contributed by atoms with van der Waals surface area (Å²) in [6.45, 7) is 0. The highest BCUT2D eigenvalue weighted by Gasteiger charge is 2.63. The van der Waals surface area contributed by atoms with Crippen LogP contribution in [0.1, 0.15) is 105 Å². The fourth-order valence-electron chi connectivity index (χ4n) is 15.9. The average molecular weight is 833 g/mol. The van der Waals surface area contributed by atoms with Gasteiger partial charge in [-0.1, -0.05) is 123 Å². The third-order valence-electron chi connectivity index (χ3n) is 17.5. The number of rotatable bonds is 9. The van der Waals surface area contributed by atoms with E-state index in [4.69, 9.17) is 9.97 Å². The van der Waals surface area contributed by atoms with E-state index in [-0.39, 0.29) is 13.8 Å². The molecule has 9 aliphatic carbocycles. The molecular weight excluding hydrogens is 775 g/mol.